The van der Waals surface area contributed by atoms with Gasteiger partial charge in [-0.15, -0.1) is 0 Å². The monoisotopic (exact) mass is 238 g/mol. The van der Waals surface area contributed by atoms with Gasteiger partial charge in [0.05, 0.1) is 0 Å². The smallest absolute Gasteiger partial charge is 0.354 e. The quantitative estimate of drug-likeness (QED) is 0.871. The first-order valence-corrected chi connectivity index (χ1v) is 5.54. The molecular formula is C12H18N2O3. The van der Waals surface area contributed by atoms with Crippen molar-refractivity contribution in [1.29, 1.82) is 0 Å². The molecular weight excluding hydrogens is 220 g/mol. The fourth-order valence-corrected chi connectivity index (χ4v) is 1.50. The van der Waals surface area contributed by atoms with Crippen LogP contribution < -0.4 is 0 Å². The topological polar surface area (TPSA) is 72.3 Å². The van der Waals surface area contributed by atoms with Gasteiger partial charge >= 0.3 is 5.97 Å². The Balaban J connectivity index is 3.10. The third kappa shape index (κ3) is 3.49. The van der Waals surface area contributed by atoms with Crippen LogP contribution in [0, 0.1) is 5.41 Å². The van der Waals surface area contributed by atoms with Crippen LogP contribution in [0.2, 0.25) is 0 Å². The van der Waals surface area contributed by atoms with Crippen molar-refractivity contribution in [2.75, 3.05) is 6.61 Å². The van der Waals surface area contributed by atoms with Crippen LogP contribution in [0.3, 0.4) is 0 Å². The summed E-state index contributed by atoms with van der Waals surface area (Å²) in [5.74, 6) is -0.642. The normalized spacial score (nSPS) is 13.4. The van der Waals surface area contributed by atoms with Crippen molar-refractivity contribution in [3.63, 3.8) is 0 Å². The van der Waals surface area contributed by atoms with E-state index in [4.69, 9.17) is 9.84 Å². The van der Waals surface area contributed by atoms with E-state index in [1.165, 1.54) is 12.3 Å². The molecule has 0 fully saturated rings. The standard InChI is InChI=1S/C12H18N2O3/c1-5-17-9(12(2,3)4)10-13-7-6-8(14-10)11(15)16/h6-7,9H,5H2,1-4H3,(H,15,16). The van der Waals surface area contributed by atoms with Gasteiger partial charge in [0, 0.05) is 12.8 Å². The van der Waals surface area contributed by atoms with Crippen molar-refractivity contribution >= 4 is 5.97 Å². The van der Waals surface area contributed by atoms with Crippen LogP contribution in [-0.4, -0.2) is 27.7 Å². The highest BCUT2D eigenvalue weighted by molar-refractivity contribution is 5.85. The second kappa shape index (κ2) is 5.23. The van der Waals surface area contributed by atoms with Crippen LogP contribution >= 0.6 is 0 Å². The highest BCUT2D eigenvalue weighted by Crippen LogP contribution is 2.33. The summed E-state index contributed by atoms with van der Waals surface area (Å²) in [4.78, 5) is 19.0. The van der Waals surface area contributed by atoms with Gasteiger partial charge in [0.15, 0.2) is 11.5 Å². The minimum atomic E-state index is -1.06. The predicted molar refractivity (Wildman–Crippen MR) is 62.8 cm³/mol. The van der Waals surface area contributed by atoms with Crippen molar-refractivity contribution in [2.24, 2.45) is 5.41 Å². The molecule has 1 rings (SSSR count). The molecule has 1 aromatic rings. The van der Waals surface area contributed by atoms with Crippen molar-refractivity contribution in [2.45, 2.75) is 33.8 Å². The van der Waals surface area contributed by atoms with Crippen molar-refractivity contribution < 1.29 is 14.6 Å². The zero-order valence-electron chi connectivity index (χ0n) is 10.6. The molecule has 0 saturated carbocycles. The lowest BCUT2D eigenvalue weighted by Crippen LogP contribution is -2.24. The van der Waals surface area contributed by atoms with E-state index in [1.807, 2.05) is 27.7 Å². The van der Waals surface area contributed by atoms with E-state index in [9.17, 15) is 4.79 Å². The Kier molecular flexibility index (Phi) is 4.17. The maximum Gasteiger partial charge on any atom is 0.354 e. The molecule has 94 valence electrons. The number of nitrogens with zero attached hydrogens (tertiary/aromatic N) is 2. The van der Waals surface area contributed by atoms with Gasteiger partial charge < -0.3 is 9.84 Å². The van der Waals surface area contributed by atoms with Gasteiger partial charge in [0.1, 0.15) is 6.10 Å². The van der Waals surface area contributed by atoms with E-state index in [0.717, 1.165) is 0 Å². The Morgan fingerprint density at radius 3 is 2.65 bits per heavy atom. The van der Waals surface area contributed by atoms with E-state index >= 15 is 0 Å². The molecule has 0 aliphatic heterocycles. The molecule has 5 heteroatoms. The Morgan fingerprint density at radius 1 is 1.53 bits per heavy atom. The maximum absolute atomic E-state index is 10.9. The van der Waals surface area contributed by atoms with Crippen LogP contribution in [0.15, 0.2) is 12.3 Å². The van der Waals surface area contributed by atoms with Gasteiger partial charge in [-0.25, -0.2) is 14.8 Å². The lowest BCUT2D eigenvalue weighted by Gasteiger charge is -2.29. The number of rotatable bonds is 4. The second-order valence-electron chi connectivity index (χ2n) is 4.81. The molecule has 1 heterocycles. The lowest BCUT2D eigenvalue weighted by atomic mass is 9.88. The summed E-state index contributed by atoms with van der Waals surface area (Å²) in [6.07, 6.45) is 1.13. The van der Waals surface area contributed by atoms with Gasteiger partial charge in [-0.3, -0.25) is 0 Å². The molecule has 1 aromatic heterocycles. The molecule has 0 spiro atoms. The molecule has 0 radical (unpaired) electrons. The first-order chi connectivity index (χ1) is 7.86. The second-order valence-corrected chi connectivity index (χ2v) is 4.81. The molecule has 0 amide bonds. The Bertz CT molecular complexity index is 399. The SMILES string of the molecule is CCOC(c1nccc(C(=O)O)n1)C(C)(C)C. The largest absolute Gasteiger partial charge is 0.477 e. The van der Waals surface area contributed by atoms with Crippen LogP contribution in [-0.2, 0) is 4.74 Å². The Hall–Kier alpha value is -1.49. The third-order valence-corrected chi connectivity index (χ3v) is 2.25. The highest BCUT2D eigenvalue weighted by Gasteiger charge is 2.29. The van der Waals surface area contributed by atoms with Crippen LogP contribution in [0.5, 0.6) is 0 Å². The fraction of sp³-hybridized carbons (Fsp3) is 0.583. The summed E-state index contributed by atoms with van der Waals surface area (Å²) in [6, 6.07) is 1.37. The summed E-state index contributed by atoms with van der Waals surface area (Å²) in [7, 11) is 0. The average Bonchev–Trinajstić information content (AvgIpc) is 2.24. The highest BCUT2D eigenvalue weighted by atomic mass is 16.5. The molecule has 0 bridgehead atoms. The lowest BCUT2D eigenvalue weighted by molar-refractivity contribution is -0.0192. The zero-order valence-corrected chi connectivity index (χ0v) is 10.6. The van der Waals surface area contributed by atoms with Gasteiger partial charge in [0.2, 0.25) is 0 Å². The number of aromatic carboxylic acids is 1. The number of ether oxygens (including phenoxy) is 1. The number of aromatic nitrogens is 2. The van der Waals surface area contributed by atoms with Crippen LogP contribution in [0.4, 0.5) is 0 Å². The van der Waals surface area contributed by atoms with Gasteiger partial charge in [-0.1, -0.05) is 20.8 Å². The fourth-order valence-electron chi connectivity index (χ4n) is 1.50. The maximum atomic E-state index is 10.9. The molecule has 0 saturated heterocycles. The number of carboxylic acids is 1. The predicted octanol–water partition coefficient (Wildman–Crippen LogP) is 2.30. The molecule has 17 heavy (non-hydrogen) atoms. The molecule has 0 aromatic carbocycles. The molecule has 0 aliphatic carbocycles. The summed E-state index contributed by atoms with van der Waals surface area (Å²) in [6.45, 7) is 8.43. The number of hydrogen-bond donors (Lipinski definition) is 1. The van der Waals surface area contributed by atoms with E-state index in [-0.39, 0.29) is 17.2 Å². The van der Waals surface area contributed by atoms with Crippen molar-refractivity contribution in [3.05, 3.63) is 23.8 Å². The van der Waals surface area contributed by atoms with Gasteiger partial charge in [0.25, 0.3) is 0 Å². The number of carbonyl (C=O) groups is 1. The van der Waals surface area contributed by atoms with Crippen LogP contribution in [0.1, 0.15) is 50.1 Å². The van der Waals surface area contributed by atoms with Gasteiger partial charge in [-0.05, 0) is 18.4 Å². The molecule has 1 atom stereocenters. The van der Waals surface area contributed by atoms with E-state index in [2.05, 4.69) is 9.97 Å². The Morgan fingerprint density at radius 2 is 2.18 bits per heavy atom. The number of carboxylic acid groups (broad SMARTS) is 1. The molecule has 5 nitrogen and oxygen atoms in total. The zero-order chi connectivity index (χ0) is 13.1. The third-order valence-electron chi connectivity index (χ3n) is 2.25. The summed E-state index contributed by atoms with van der Waals surface area (Å²) in [5, 5.41) is 8.89. The number of hydrogen-bond acceptors (Lipinski definition) is 4. The van der Waals surface area contributed by atoms with Crippen LogP contribution in [0.25, 0.3) is 0 Å². The first kappa shape index (κ1) is 13.6. The van der Waals surface area contributed by atoms with E-state index in [0.29, 0.717) is 12.4 Å². The summed E-state index contributed by atoms with van der Waals surface area (Å²) < 4.78 is 5.61. The van der Waals surface area contributed by atoms with Crippen molar-refractivity contribution in [3.8, 4) is 0 Å². The summed E-state index contributed by atoms with van der Waals surface area (Å²) in [5.41, 5.74) is -0.198. The van der Waals surface area contributed by atoms with E-state index in [1.54, 1.807) is 0 Å². The molecule has 1 N–H and O–H groups in total. The minimum absolute atomic E-state index is 0.0102. The van der Waals surface area contributed by atoms with Crippen molar-refractivity contribution in [1.82, 2.24) is 9.97 Å². The van der Waals surface area contributed by atoms with Gasteiger partial charge in [-0.2, -0.15) is 0 Å². The van der Waals surface area contributed by atoms with E-state index < -0.39 is 5.97 Å². The minimum Gasteiger partial charge on any atom is -0.477 e. The average molecular weight is 238 g/mol. The molecule has 1 unspecified atom stereocenters. The summed E-state index contributed by atoms with van der Waals surface area (Å²) >= 11 is 0. The first-order valence-electron chi connectivity index (χ1n) is 5.54. The Labute approximate surface area is 101 Å². The molecule has 0 aliphatic rings.